The van der Waals surface area contributed by atoms with Crippen molar-refractivity contribution in [3.8, 4) is 0 Å². The number of hydrogen-bond acceptors (Lipinski definition) is 4. The molecular formula is C15H14Cl2N6O. The van der Waals surface area contributed by atoms with E-state index in [4.69, 9.17) is 23.2 Å². The molecule has 2 aromatic heterocycles. The van der Waals surface area contributed by atoms with Crippen LogP contribution in [0, 0.1) is 6.92 Å². The number of amides is 1. The second-order valence-corrected chi connectivity index (χ2v) is 6.03. The Kier molecular flexibility index (Phi) is 4.55. The third-order valence-corrected chi connectivity index (χ3v) is 4.09. The van der Waals surface area contributed by atoms with Crippen LogP contribution in [0.2, 0.25) is 10.0 Å². The van der Waals surface area contributed by atoms with Gasteiger partial charge < -0.3 is 0 Å². The summed E-state index contributed by atoms with van der Waals surface area (Å²) in [5.41, 5.74) is 1.88. The van der Waals surface area contributed by atoms with Crippen molar-refractivity contribution in [2.75, 3.05) is 5.32 Å². The number of halogens is 2. The molecule has 1 N–H and O–H groups in total. The minimum Gasteiger partial charge on any atom is -0.288 e. The highest BCUT2D eigenvalue weighted by molar-refractivity contribution is 6.34. The number of aromatic nitrogens is 5. The molecule has 9 heteroatoms. The SMILES string of the molecule is Cc1nn(C)c(C(=O)Nc2ncn(Cc3ccc(Cl)cc3)n2)c1Cl. The fourth-order valence-electron chi connectivity index (χ4n) is 2.24. The van der Waals surface area contributed by atoms with Gasteiger partial charge in [-0.05, 0) is 24.6 Å². The van der Waals surface area contributed by atoms with Crippen molar-refractivity contribution in [3.05, 3.63) is 57.6 Å². The van der Waals surface area contributed by atoms with Crippen molar-refractivity contribution in [1.29, 1.82) is 0 Å². The van der Waals surface area contributed by atoms with Gasteiger partial charge in [0.1, 0.15) is 12.0 Å². The first-order valence-corrected chi connectivity index (χ1v) is 7.84. The molecule has 0 aliphatic carbocycles. The molecule has 1 amide bonds. The molecule has 2 heterocycles. The van der Waals surface area contributed by atoms with Gasteiger partial charge in [0.05, 0.1) is 17.3 Å². The first-order chi connectivity index (χ1) is 11.4. The average Bonchev–Trinajstić information content (AvgIpc) is 3.06. The quantitative estimate of drug-likeness (QED) is 0.771. The first kappa shape index (κ1) is 16.5. The van der Waals surface area contributed by atoms with E-state index in [1.807, 2.05) is 24.3 Å². The largest absolute Gasteiger partial charge is 0.288 e. The van der Waals surface area contributed by atoms with Crippen LogP contribution in [-0.2, 0) is 13.6 Å². The molecule has 0 aliphatic heterocycles. The van der Waals surface area contributed by atoms with E-state index in [1.54, 1.807) is 25.0 Å². The molecule has 1 aromatic carbocycles. The number of nitrogens with one attached hydrogen (secondary N) is 1. The Morgan fingerprint density at radius 1 is 1.21 bits per heavy atom. The van der Waals surface area contributed by atoms with Gasteiger partial charge in [-0.25, -0.2) is 9.67 Å². The van der Waals surface area contributed by atoms with Gasteiger partial charge in [0.25, 0.3) is 5.91 Å². The average molecular weight is 365 g/mol. The van der Waals surface area contributed by atoms with Crippen molar-refractivity contribution in [1.82, 2.24) is 24.5 Å². The van der Waals surface area contributed by atoms with Crippen LogP contribution in [0.15, 0.2) is 30.6 Å². The first-order valence-electron chi connectivity index (χ1n) is 7.08. The second-order valence-electron chi connectivity index (χ2n) is 5.22. The molecule has 0 atom stereocenters. The number of aryl methyl sites for hydroxylation is 2. The lowest BCUT2D eigenvalue weighted by molar-refractivity contribution is 0.101. The van der Waals surface area contributed by atoms with Crippen LogP contribution in [0.3, 0.4) is 0 Å². The van der Waals surface area contributed by atoms with Gasteiger partial charge >= 0.3 is 0 Å². The molecule has 24 heavy (non-hydrogen) atoms. The van der Waals surface area contributed by atoms with Crippen molar-refractivity contribution in [3.63, 3.8) is 0 Å². The summed E-state index contributed by atoms with van der Waals surface area (Å²) in [7, 11) is 1.65. The van der Waals surface area contributed by atoms with Gasteiger partial charge in [-0.2, -0.15) is 5.10 Å². The summed E-state index contributed by atoms with van der Waals surface area (Å²) in [4.78, 5) is 16.4. The molecule has 0 bridgehead atoms. The molecule has 0 saturated heterocycles. The minimum atomic E-state index is -0.410. The maximum atomic E-state index is 12.3. The van der Waals surface area contributed by atoms with Crippen LogP contribution in [-0.4, -0.2) is 30.5 Å². The van der Waals surface area contributed by atoms with Crippen LogP contribution in [0.1, 0.15) is 21.7 Å². The molecule has 0 radical (unpaired) electrons. The summed E-state index contributed by atoms with van der Waals surface area (Å²) >= 11 is 12.0. The minimum absolute atomic E-state index is 0.198. The third kappa shape index (κ3) is 3.42. The molecule has 0 fully saturated rings. The molecule has 0 aliphatic rings. The smallest absolute Gasteiger partial charge is 0.277 e. The van der Waals surface area contributed by atoms with E-state index in [9.17, 15) is 4.79 Å². The number of carbonyl (C=O) groups is 1. The number of rotatable bonds is 4. The Morgan fingerprint density at radius 2 is 1.92 bits per heavy atom. The van der Waals surface area contributed by atoms with Crippen LogP contribution in [0.25, 0.3) is 0 Å². The summed E-state index contributed by atoms with van der Waals surface area (Å²) in [5.74, 6) is -0.212. The predicted molar refractivity (Wildman–Crippen MR) is 91.5 cm³/mol. The summed E-state index contributed by atoms with van der Waals surface area (Å²) in [6.45, 7) is 2.25. The zero-order valence-electron chi connectivity index (χ0n) is 13.0. The fourth-order valence-corrected chi connectivity index (χ4v) is 2.62. The Hall–Kier alpha value is -2.38. The van der Waals surface area contributed by atoms with E-state index in [2.05, 4.69) is 20.5 Å². The standard InChI is InChI=1S/C15H14Cl2N6O/c1-9-12(17)13(22(2)20-9)14(24)19-15-18-8-23(21-15)7-10-3-5-11(16)6-4-10/h3-6,8H,7H2,1-2H3,(H,19,21,24). The van der Waals surface area contributed by atoms with Crippen molar-refractivity contribution >= 4 is 35.1 Å². The van der Waals surface area contributed by atoms with Crippen LogP contribution in [0.4, 0.5) is 5.95 Å². The molecule has 3 rings (SSSR count). The van der Waals surface area contributed by atoms with Gasteiger partial charge in [0.15, 0.2) is 0 Å². The summed E-state index contributed by atoms with van der Waals surface area (Å²) in [5, 5.41) is 11.9. The zero-order valence-corrected chi connectivity index (χ0v) is 14.5. The lowest BCUT2D eigenvalue weighted by atomic mass is 10.2. The topological polar surface area (TPSA) is 77.6 Å². The van der Waals surface area contributed by atoms with E-state index in [1.165, 1.54) is 4.68 Å². The molecule has 0 unspecified atom stereocenters. The summed E-state index contributed by atoms with van der Waals surface area (Å²) in [6.07, 6.45) is 1.54. The van der Waals surface area contributed by atoms with Gasteiger partial charge in [0.2, 0.25) is 5.95 Å². The lowest BCUT2D eigenvalue weighted by Crippen LogP contribution is -2.17. The highest BCUT2D eigenvalue weighted by Crippen LogP contribution is 2.20. The number of hydrogen-bond donors (Lipinski definition) is 1. The fraction of sp³-hybridized carbons (Fsp3) is 0.200. The highest BCUT2D eigenvalue weighted by atomic mass is 35.5. The van der Waals surface area contributed by atoms with E-state index < -0.39 is 5.91 Å². The van der Waals surface area contributed by atoms with Gasteiger partial charge in [-0.3, -0.25) is 14.8 Å². The number of anilines is 1. The van der Waals surface area contributed by atoms with Crippen LogP contribution >= 0.6 is 23.2 Å². The maximum Gasteiger partial charge on any atom is 0.277 e. The van der Waals surface area contributed by atoms with E-state index in [0.717, 1.165) is 5.56 Å². The second kappa shape index (κ2) is 6.62. The maximum absolute atomic E-state index is 12.3. The van der Waals surface area contributed by atoms with E-state index in [-0.39, 0.29) is 11.6 Å². The monoisotopic (exact) mass is 364 g/mol. The number of carbonyl (C=O) groups excluding carboxylic acids is 1. The summed E-state index contributed by atoms with van der Waals surface area (Å²) < 4.78 is 3.05. The van der Waals surface area contributed by atoms with Crippen LogP contribution in [0.5, 0.6) is 0 Å². The molecule has 0 saturated carbocycles. The van der Waals surface area contributed by atoms with Gasteiger partial charge in [0, 0.05) is 12.1 Å². The molecule has 3 aromatic rings. The number of nitrogens with zero attached hydrogens (tertiary/aromatic N) is 5. The van der Waals surface area contributed by atoms with Crippen molar-refractivity contribution in [2.45, 2.75) is 13.5 Å². The van der Waals surface area contributed by atoms with E-state index >= 15 is 0 Å². The summed E-state index contributed by atoms with van der Waals surface area (Å²) in [6, 6.07) is 7.42. The number of benzene rings is 1. The normalized spacial score (nSPS) is 10.8. The van der Waals surface area contributed by atoms with Gasteiger partial charge in [-0.1, -0.05) is 35.3 Å². The lowest BCUT2D eigenvalue weighted by Gasteiger charge is -2.03. The van der Waals surface area contributed by atoms with Gasteiger partial charge in [-0.15, -0.1) is 5.10 Å². The molecule has 0 spiro atoms. The van der Waals surface area contributed by atoms with Crippen molar-refractivity contribution < 1.29 is 4.79 Å². The molecular weight excluding hydrogens is 351 g/mol. The molecule has 124 valence electrons. The zero-order chi connectivity index (χ0) is 17.3. The Bertz CT molecular complexity index is 884. The Balaban J connectivity index is 1.71. The third-order valence-electron chi connectivity index (χ3n) is 3.38. The highest BCUT2D eigenvalue weighted by Gasteiger charge is 2.19. The molecule has 7 nitrogen and oxygen atoms in total. The van der Waals surface area contributed by atoms with Crippen LogP contribution < -0.4 is 5.32 Å². The van der Waals surface area contributed by atoms with E-state index in [0.29, 0.717) is 22.3 Å². The van der Waals surface area contributed by atoms with Crippen molar-refractivity contribution in [2.24, 2.45) is 7.05 Å². The Morgan fingerprint density at radius 3 is 2.54 bits per heavy atom. The Labute approximate surface area is 148 Å². The predicted octanol–water partition coefficient (Wildman–Crippen LogP) is 2.93.